The maximum Gasteiger partial charge on any atom is 0.124 e. The van der Waals surface area contributed by atoms with Crippen molar-refractivity contribution in [1.82, 2.24) is 5.32 Å². The molecule has 1 aliphatic heterocycles. The van der Waals surface area contributed by atoms with Crippen molar-refractivity contribution in [2.24, 2.45) is 0 Å². The first-order valence-electron chi connectivity index (χ1n) is 7.35. The molecule has 0 fully saturated rings. The zero-order valence-electron chi connectivity index (χ0n) is 12.4. The molecule has 3 rings (SSSR count). The predicted octanol–water partition coefficient (Wildman–Crippen LogP) is 4.57. The number of halogens is 1. The van der Waals surface area contributed by atoms with Crippen LogP contribution in [0.2, 0.25) is 5.02 Å². The fraction of sp³-hybridized carbons (Fsp3) is 0.333. The molecule has 0 aliphatic carbocycles. The lowest BCUT2D eigenvalue weighted by molar-refractivity contribution is 0.252. The van der Waals surface area contributed by atoms with E-state index in [1.165, 1.54) is 16.7 Å². The summed E-state index contributed by atoms with van der Waals surface area (Å²) in [5.41, 5.74) is 4.82. The molecule has 110 valence electrons. The van der Waals surface area contributed by atoms with E-state index in [9.17, 15) is 0 Å². The molecule has 1 aliphatic rings. The average molecular weight is 302 g/mol. The Morgan fingerprint density at radius 2 is 1.95 bits per heavy atom. The molecule has 0 aromatic heterocycles. The first-order valence-corrected chi connectivity index (χ1v) is 7.73. The van der Waals surface area contributed by atoms with E-state index in [-0.39, 0.29) is 0 Å². The summed E-state index contributed by atoms with van der Waals surface area (Å²) in [5.74, 6) is 0.963. The summed E-state index contributed by atoms with van der Waals surface area (Å²) >= 11 is 6.26. The van der Waals surface area contributed by atoms with Gasteiger partial charge < -0.3 is 10.1 Å². The Kier molecular flexibility index (Phi) is 4.18. The highest BCUT2D eigenvalue weighted by Crippen LogP contribution is 2.36. The van der Waals surface area contributed by atoms with Crippen LogP contribution in [-0.2, 0) is 6.54 Å². The van der Waals surface area contributed by atoms with Crippen molar-refractivity contribution in [3.8, 4) is 5.75 Å². The van der Waals surface area contributed by atoms with Crippen molar-refractivity contribution >= 4 is 11.6 Å². The van der Waals surface area contributed by atoms with Gasteiger partial charge in [0.15, 0.2) is 0 Å². The summed E-state index contributed by atoms with van der Waals surface area (Å²) in [6.45, 7) is 5.72. The van der Waals surface area contributed by atoms with Crippen molar-refractivity contribution in [2.75, 3.05) is 6.61 Å². The minimum Gasteiger partial charge on any atom is -0.493 e. The van der Waals surface area contributed by atoms with E-state index in [2.05, 4.69) is 36.5 Å². The highest BCUT2D eigenvalue weighted by molar-refractivity contribution is 6.31. The molecule has 1 N–H and O–H groups in total. The molecule has 2 aromatic rings. The number of fused-ring (bicyclic) bond motifs is 1. The molecule has 1 atom stereocenters. The molecule has 2 nitrogen and oxygen atoms in total. The maximum atomic E-state index is 6.26. The van der Waals surface area contributed by atoms with Gasteiger partial charge in [0, 0.05) is 29.6 Å². The molecule has 21 heavy (non-hydrogen) atoms. The quantitative estimate of drug-likeness (QED) is 0.896. The number of hydrogen-bond acceptors (Lipinski definition) is 2. The van der Waals surface area contributed by atoms with Crippen LogP contribution in [0.5, 0.6) is 5.75 Å². The Balaban J connectivity index is 1.76. The normalized spacial score (nSPS) is 17.2. The van der Waals surface area contributed by atoms with Crippen molar-refractivity contribution < 1.29 is 4.74 Å². The van der Waals surface area contributed by atoms with E-state index in [0.29, 0.717) is 6.04 Å². The summed E-state index contributed by atoms with van der Waals surface area (Å²) in [6, 6.07) is 13.0. The smallest absolute Gasteiger partial charge is 0.124 e. The van der Waals surface area contributed by atoms with Gasteiger partial charge in [-0.05, 0) is 37.1 Å². The van der Waals surface area contributed by atoms with E-state index in [4.69, 9.17) is 16.3 Å². The Morgan fingerprint density at radius 1 is 1.19 bits per heavy atom. The van der Waals surface area contributed by atoms with E-state index >= 15 is 0 Å². The van der Waals surface area contributed by atoms with Crippen LogP contribution in [0.1, 0.15) is 34.7 Å². The monoisotopic (exact) mass is 301 g/mol. The second-order valence-electron chi connectivity index (χ2n) is 5.70. The summed E-state index contributed by atoms with van der Waals surface area (Å²) in [4.78, 5) is 0. The lowest BCUT2D eigenvalue weighted by atomic mass is 9.98. The minimum atomic E-state index is 0.299. The summed E-state index contributed by atoms with van der Waals surface area (Å²) in [5, 5.41) is 4.43. The molecular weight excluding hydrogens is 282 g/mol. The third kappa shape index (κ3) is 3.22. The van der Waals surface area contributed by atoms with Gasteiger partial charge in [-0.1, -0.05) is 41.4 Å². The number of ether oxygens (including phenoxy) is 1. The first-order chi connectivity index (χ1) is 10.1. The van der Waals surface area contributed by atoms with Gasteiger partial charge in [0.1, 0.15) is 5.75 Å². The van der Waals surface area contributed by atoms with E-state index in [1.807, 2.05) is 19.1 Å². The van der Waals surface area contributed by atoms with Crippen LogP contribution in [0.25, 0.3) is 0 Å². The van der Waals surface area contributed by atoms with Gasteiger partial charge in [-0.2, -0.15) is 0 Å². The summed E-state index contributed by atoms with van der Waals surface area (Å²) < 4.78 is 5.76. The lowest BCUT2D eigenvalue weighted by Gasteiger charge is -2.27. The summed E-state index contributed by atoms with van der Waals surface area (Å²) in [7, 11) is 0. The Morgan fingerprint density at radius 3 is 2.71 bits per heavy atom. The number of aryl methyl sites for hydroxylation is 2. The molecule has 0 radical (unpaired) electrons. The fourth-order valence-electron chi connectivity index (χ4n) is 2.67. The van der Waals surface area contributed by atoms with Crippen LogP contribution in [0.4, 0.5) is 0 Å². The topological polar surface area (TPSA) is 21.3 Å². The molecule has 0 amide bonds. The Hall–Kier alpha value is -1.51. The van der Waals surface area contributed by atoms with E-state index in [0.717, 1.165) is 35.9 Å². The molecule has 1 heterocycles. The number of nitrogens with one attached hydrogen (secondary N) is 1. The van der Waals surface area contributed by atoms with Crippen LogP contribution in [0.15, 0.2) is 36.4 Å². The number of hydrogen-bond donors (Lipinski definition) is 1. The summed E-state index contributed by atoms with van der Waals surface area (Å²) in [6.07, 6.45) is 0.970. The van der Waals surface area contributed by atoms with E-state index in [1.54, 1.807) is 0 Å². The van der Waals surface area contributed by atoms with E-state index < -0.39 is 0 Å². The zero-order chi connectivity index (χ0) is 14.8. The van der Waals surface area contributed by atoms with Crippen LogP contribution in [-0.4, -0.2) is 6.61 Å². The zero-order valence-corrected chi connectivity index (χ0v) is 13.2. The third-order valence-electron chi connectivity index (χ3n) is 4.00. The molecule has 0 spiro atoms. The molecule has 3 heteroatoms. The van der Waals surface area contributed by atoms with Crippen LogP contribution in [0, 0.1) is 13.8 Å². The SMILES string of the molecule is Cc1ccc(CNC2CCOc3cc(C)c(Cl)cc32)cc1. The van der Waals surface area contributed by atoms with Crippen LogP contribution in [0.3, 0.4) is 0 Å². The molecule has 2 aromatic carbocycles. The maximum absolute atomic E-state index is 6.26. The standard InChI is InChI=1S/C18H20ClNO/c1-12-3-5-14(6-4-12)11-20-17-7-8-21-18-9-13(2)16(19)10-15(17)18/h3-6,9-10,17,20H,7-8,11H2,1-2H3. The van der Waals surface area contributed by atoms with Gasteiger partial charge in [-0.25, -0.2) is 0 Å². The van der Waals surface area contributed by atoms with Gasteiger partial charge in [-0.3, -0.25) is 0 Å². The molecule has 0 saturated carbocycles. The lowest BCUT2D eigenvalue weighted by Crippen LogP contribution is -2.26. The second-order valence-corrected chi connectivity index (χ2v) is 6.10. The van der Waals surface area contributed by atoms with Gasteiger partial charge in [0.25, 0.3) is 0 Å². The molecular formula is C18H20ClNO. The van der Waals surface area contributed by atoms with Crippen molar-refractivity contribution in [2.45, 2.75) is 32.9 Å². The Labute approximate surface area is 131 Å². The van der Waals surface area contributed by atoms with Crippen molar-refractivity contribution in [3.05, 3.63) is 63.7 Å². The van der Waals surface area contributed by atoms with Crippen molar-refractivity contribution in [1.29, 1.82) is 0 Å². The highest BCUT2D eigenvalue weighted by Gasteiger charge is 2.22. The van der Waals surface area contributed by atoms with Gasteiger partial charge in [0.05, 0.1) is 6.61 Å². The minimum absolute atomic E-state index is 0.299. The van der Waals surface area contributed by atoms with Gasteiger partial charge in [-0.15, -0.1) is 0 Å². The van der Waals surface area contributed by atoms with Gasteiger partial charge >= 0.3 is 0 Å². The van der Waals surface area contributed by atoms with Gasteiger partial charge in [0.2, 0.25) is 0 Å². The predicted molar refractivity (Wildman–Crippen MR) is 87.1 cm³/mol. The number of benzene rings is 2. The second kappa shape index (κ2) is 6.08. The average Bonchev–Trinajstić information content (AvgIpc) is 2.48. The van der Waals surface area contributed by atoms with Crippen molar-refractivity contribution in [3.63, 3.8) is 0 Å². The molecule has 0 bridgehead atoms. The highest BCUT2D eigenvalue weighted by atomic mass is 35.5. The molecule has 0 saturated heterocycles. The Bertz CT molecular complexity index is 636. The molecule has 1 unspecified atom stereocenters. The fourth-order valence-corrected chi connectivity index (χ4v) is 2.84. The first kappa shape index (κ1) is 14.4. The third-order valence-corrected chi connectivity index (χ3v) is 4.41. The largest absolute Gasteiger partial charge is 0.493 e. The number of rotatable bonds is 3. The van der Waals surface area contributed by atoms with Crippen LogP contribution < -0.4 is 10.1 Å². The van der Waals surface area contributed by atoms with Crippen LogP contribution >= 0.6 is 11.6 Å².